The number of hydrogen-bond donors (Lipinski definition) is 0. The van der Waals surface area contributed by atoms with Crippen molar-refractivity contribution in [3.8, 4) is 0 Å². The molecule has 0 aromatic heterocycles. The van der Waals surface area contributed by atoms with Gasteiger partial charge in [0.25, 0.3) is 0 Å². The standard InChI is InChI=1S/C13H25NO3S/c1-4-18(16,17)10-11(2)14(3)13(15)12-8-6-5-7-9-12/h11-12H,4-10H2,1-3H3/t11-/m0/s1. The van der Waals surface area contributed by atoms with Gasteiger partial charge in [-0.2, -0.15) is 0 Å². The molecule has 18 heavy (non-hydrogen) atoms. The van der Waals surface area contributed by atoms with Gasteiger partial charge in [0.05, 0.1) is 5.75 Å². The summed E-state index contributed by atoms with van der Waals surface area (Å²) in [5.74, 6) is 0.436. The van der Waals surface area contributed by atoms with Crippen molar-refractivity contribution in [1.29, 1.82) is 0 Å². The minimum Gasteiger partial charge on any atom is -0.342 e. The van der Waals surface area contributed by atoms with Crippen molar-refractivity contribution in [2.75, 3.05) is 18.6 Å². The molecule has 0 spiro atoms. The van der Waals surface area contributed by atoms with E-state index < -0.39 is 9.84 Å². The molecule has 0 saturated heterocycles. The fraction of sp³-hybridized carbons (Fsp3) is 0.923. The van der Waals surface area contributed by atoms with Gasteiger partial charge in [-0.3, -0.25) is 4.79 Å². The molecule has 0 bridgehead atoms. The van der Waals surface area contributed by atoms with Crippen molar-refractivity contribution in [3.05, 3.63) is 0 Å². The van der Waals surface area contributed by atoms with E-state index in [1.165, 1.54) is 6.42 Å². The van der Waals surface area contributed by atoms with Crippen molar-refractivity contribution >= 4 is 15.7 Å². The third-order valence-corrected chi connectivity index (χ3v) is 5.77. The van der Waals surface area contributed by atoms with Crippen LogP contribution in [0.2, 0.25) is 0 Å². The molecule has 1 rings (SSSR count). The third-order valence-electron chi connectivity index (χ3n) is 3.90. The van der Waals surface area contributed by atoms with Crippen molar-refractivity contribution < 1.29 is 13.2 Å². The molecule has 0 unspecified atom stereocenters. The molecule has 0 N–H and O–H groups in total. The smallest absolute Gasteiger partial charge is 0.225 e. The van der Waals surface area contributed by atoms with E-state index in [9.17, 15) is 13.2 Å². The van der Waals surface area contributed by atoms with E-state index in [1.54, 1.807) is 18.9 Å². The molecule has 0 aromatic rings. The van der Waals surface area contributed by atoms with Gasteiger partial charge in [0.2, 0.25) is 5.91 Å². The average molecular weight is 275 g/mol. The first-order valence-electron chi connectivity index (χ1n) is 6.84. The Bertz CT molecular complexity index is 372. The van der Waals surface area contributed by atoms with Gasteiger partial charge < -0.3 is 4.90 Å². The predicted molar refractivity (Wildman–Crippen MR) is 73.1 cm³/mol. The maximum atomic E-state index is 12.2. The topological polar surface area (TPSA) is 54.5 Å². The Kier molecular flexibility index (Phi) is 5.63. The van der Waals surface area contributed by atoms with Gasteiger partial charge in [-0.05, 0) is 19.8 Å². The Morgan fingerprint density at radius 3 is 2.33 bits per heavy atom. The number of carbonyl (C=O) groups is 1. The van der Waals surface area contributed by atoms with Crippen LogP contribution in [0.25, 0.3) is 0 Å². The van der Waals surface area contributed by atoms with Crippen LogP contribution < -0.4 is 0 Å². The lowest BCUT2D eigenvalue weighted by Gasteiger charge is -2.30. The summed E-state index contributed by atoms with van der Waals surface area (Å²) in [6, 6.07) is -0.232. The molecular formula is C13H25NO3S. The molecule has 0 radical (unpaired) electrons. The zero-order chi connectivity index (χ0) is 13.8. The second-order valence-electron chi connectivity index (χ2n) is 5.33. The van der Waals surface area contributed by atoms with Crippen LogP contribution >= 0.6 is 0 Å². The Labute approximate surface area is 111 Å². The van der Waals surface area contributed by atoms with Crippen LogP contribution in [0.3, 0.4) is 0 Å². The molecule has 1 aliphatic rings. The highest BCUT2D eigenvalue weighted by atomic mass is 32.2. The summed E-state index contributed by atoms with van der Waals surface area (Å²) in [7, 11) is -1.29. The van der Waals surface area contributed by atoms with Crippen LogP contribution in [0.1, 0.15) is 46.0 Å². The second kappa shape index (κ2) is 6.55. The zero-order valence-electron chi connectivity index (χ0n) is 11.7. The van der Waals surface area contributed by atoms with E-state index in [-0.39, 0.29) is 29.4 Å². The lowest BCUT2D eigenvalue weighted by atomic mass is 9.88. The van der Waals surface area contributed by atoms with E-state index in [4.69, 9.17) is 0 Å². The van der Waals surface area contributed by atoms with E-state index in [0.717, 1.165) is 25.7 Å². The molecule has 0 aliphatic heterocycles. The molecule has 1 aliphatic carbocycles. The first-order valence-corrected chi connectivity index (χ1v) is 8.66. The summed E-state index contributed by atoms with van der Waals surface area (Å²) in [6.07, 6.45) is 5.36. The first kappa shape index (κ1) is 15.5. The van der Waals surface area contributed by atoms with Crippen LogP contribution in [0.5, 0.6) is 0 Å². The third kappa shape index (κ3) is 4.26. The fourth-order valence-electron chi connectivity index (χ4n) is 2.45. The van der Waals surface area contributed by atoms with Crippen LogP contribution in [0, 0.1) is 5.92 Å². The Morgan fingerprint density at radius 2 is 1.83 bits per heavy atom. The van der Waals surface area contributed by atoms with E-state index in [1.807, 2.05) is 6.92 Å². The maximum Gasteiger partial charge on any atom is 0.225 e. The first-order chi connectivity index (χ1) is 8.37. The van der Waals surface area contributed by atoms with Crippen molar-refractivity contribution in [2.24, 2.45) is 5.92 Å². The van der Waals surface area contributed by atoms with Crippen molar-refractivity contribution in [1.82, 2.24) is 4.90 Å². The summed E-state index contributed by atoms with van der Waals surface area (Å²) in [6.45, 7) is 3.46. The quantitative estimate of drug-likeness (QED) is 0.769. The maximum absolute atomic E-state index is 12.2. The molecule has 0 aromatic carbocycles. The number of nitrogens with zero attached hydrogens (tertiary/aromatic N) is 1. The Morgan fingerprint density at radius 1 is 1.28 bits per heavy atom. The Balaban J connectivity index is 2.57. The number of hydrogen-bond acceptors (Lipinski definition) is 3. The summed E-state index contributed by atoms with van der Waals surface area (Å²) >= 11 is 0. The average Bonchev–Trinajstić information content (AvgIpc) is 2.37. The van der Waals surface area contributed by atoms with Gasteiger partial charge in [0.15, 0.2) is 9.84 Å². The van der Waals surface area contributed by atoms with Gasteiger partial charge >= 0.3 is 0 Å². The molecule has 106 valence electrons. The van der Waals surface area contributed by atoms with Gasteiger partial charge in [-0.25, -0.2) is 8.42 Å². The number of amides is 1. The number of carbonyl (C=O) groups excluding carboxylic acids is 1. The predicted octanol–water partition coefficient (Wildman–Crippen LogP) is 1.85. The van der Waals surface area contributed by atoms with Crippen LogP contribution in [0.4, 0.5) is 0 Å². The number of rotatable bonds is 5. The highest BCUT2D eigenvalue weighted by Gasteiger charge is 2.28. The van der Waals surface area contributed by atoms with Gasteiger partial charge in [-0.1, -0.05) is 26.2 Å². The van der Waals surface area contributed by atoms with E-state index >= 15 is 0 Å². The van der Waals surface area contributed by atoms with Crippen LogP contribution in [-0.2, 0) is 14.6 Å². The normalized spacial score (nSPS) is 19.5. The second-order valence-corrected chi connectivity index (χ2v) is 7.73. The van der Waals surface area contributed by atoms with Gasteiger partial charge in [-0.15, -0.1) is 0 Å². The summed E-state index contributed by atoms with van der Waals surface area (Å²) in [5, 5.41) is 0. The van der Waals surface area contributed by atoms with Crippen LogP contribution in [-0.4, -0.2) is 43.8 Å². The monoisotopic (exact) mass is 275 g/mol. The molecule has 4 nitrogen and oxygen atoms in total. The minimum atomic E-state index is -3.02. The van der Waals surface area contributed by atoms with Gasteiger partial charge in [0, 0.05) is 24.8 Å². The summed E-state index contributed by atoms with van der Waals surface area (Å²) < 4.78 is 23.2. The fourth-order valence-corrected chi connectivity index (χ4v) is 3.65. The van der Waals surface area contributed by atoms with Crippen molar-refractivity contribution in [3.63, 3.8) is 0 Å². The summed E-state index contributed by atoms with van der Waals surface area (Å²) in [5.41, 5.74) is 0. The van der Waals surface area contributed by atoms with Crippen LogP contribution in [0.15, 0.2) is 0 Å². The lowest BCUT2D eigenvalue weighted by Crippen LogP contribution is -2.43. The molecule has 0 heterocycles. The molecular weight excluding hydrogens is 250 g/mol. The van der Waals surface area contributed by atoms with E-state index in [2.05, 4.69) is 0 Å². The highest BCUT2D eigenvalue weighted by molar-refractivity contribution is 7.91. The molecule has 1 saturated carbocycles. The van der Waals surface area contributed by atoms with Crippen molar-refractivity contribution in [2.45, 2.75) is 52.0 Å². The molecule has 1 atom stereocenters. The minimum absolute atomic E-state index is 0.0679. The molecule has 1 fully saturated rings. The van der Waals surface area contributed by atoms with Gasteiger partial charge in [0.1, 0.15) is 0 Å². The number of sulfone groups is 1. The largest absolute Gasteiger partial charge is 0.342 e. The summed E-state index contributed by atoms with van der Waals surface area (Å²) in [4.78, 5) is 13.9. The molecule has 1 amide bonds. The highest BCUT2D eigenvalue weighted by Crippen LogP contribution is 2.25. The van der Waals surface area contributed by atoms with E-state index in [0.29, 0.717) is 0 Å². The zero-order valence-corrected chi connectivity index (χ0v) is 12.5. The molecule has 5 heteroatoms. The Hall–Kier alpha value is -0.580. The SMILES string of the molecule is CCS(=O)(=O)C[C@H](C)N(C)C(=O)C1CCCCC1. The lowest BCUT2D eigenvalue weighted by molar-refractivity contribution is -0.136.